The third-order valence-electron chi connectivity index (χ3n) is 5.90. The molecule has 0 amide bonds. The second kappa shape index (κ2) is 7.56. The van der Waals surface area contributed by atoms with Crippen LogP contribution in [-0.2, 0) is 11.3 Å². The molecule has 156 valence electrons. The first-order chi connectivity index (χ1) is 15.1. The van der Waals surface area contributed by atoms with Gasteiger partial charge in [0.05, 0.1) is 25.0 Å². The lowest BCUT2D eigenvalue weighted by Gasteiger charge is -2.29. The molecule has 0 radical (unpaired) electrons. The number of nitrogens with zero attached hydrogens (tertiary/aromatic N) is 3. The second-order valence-electron chi connectivity index (χ2n) is 7.71. The van der Waals surface area contributed by atoms with Crippen LogP contribution in [-0.4, -0.2) is 28.3 Å². The van der Waals surface area contributed by atoms with E-state index >= 15 is 0 Å². The molecule has 2 unspecified atom stereocenters. The average molecular weight is 416 g/mol. The highest BCUT2D eigenvalue weighted by Gasteiger charge is 2.30. The van der Waals surface area contributed by atoms with E-state index in [0.717, 1.165) is 40.2 Å². The second-order valence-corrected chi connectivity index (χ2v) is 7.71. The number of aromatic amines is 1. The van der Waals surface area contributed by atoms with E-state index in [-0.39, 0.29) is 17.8 Å². The molecule has 0 saturated carbocycles. The molecule has 1 N–H and O–H groups in total. The number of rotatable bonds is 4. The SMILES string of the molecule is COc1c(C#N)ccc2[nH]c(-c3cn4c(n3)C(C(C)c3ccc(F)cc3)OCC4)cc12. The topological polar surface area (TPSA) is 75.9 Å². The first-order valence-electron chi connectivity index (χ1n) is 10.1. The number of fused-ring (bicyclic) bond motifs is 2. The number of halogens is 1. The van der Waals surface area contributed by atoms with Crippen LogP contribution in [0.1, 0.15) is 35.9 Å². The number of nitriles is 1. The summed E-state index contributed by atoms with van der Waals surface area (Å²) in [5, 5.41) is 10.2. The van der Waals surface area contributed by atoms with Gasteiger partial charge in [0.25, 0.3) is 0 Å². The Labute approximate surface area is 178 Å². The van der Waals surface area contributed by atoms with Crippen molar-refractivity contribution in [3.8, 4) is 23.2 Å². The van der Waals surface area contributed by atoms with Gasteiger partial charge < -0.3 is 19.0 Å². The average Bonchev–Trinajstić information content (AvgIpc) is 3.42. The lowest BCUT2D eigenvalue weighted by Crippen LogP contribution is -2.25. The van der Waals surface area contributed by atoms with Crippen molar-refractivity contribution < 1.29 is 13.9 Å². The molecule has 5 rings (SSSR count). The molecule has 31 heavy (non-hydrogen) atoms. The molecule has 0 saturated heterocycles. The maximum atomic E-state index is 13.3. The van der Waals surface area contributed by atoms with Gasteiger partial charge in [-0.05, 0) is 35.9 Å². The molecule has 1 aliphatic rings. The maximum absolute atomic E-state index is 13.3. The Morgan fingerprint density at radius 1 is 1.29 bits per heavy atom. The van der Waals surface area contributed by atoms with E-state index < -0.39 is 0 Å². The smallest absolute Gasteiger partial charge is 0.146 e. The lowest BCUT2D eigenvalue weighted by atomic mass is 9.94. The fourth-order valence-electron chi connectivity index (χ4n) is 4.25. The summed E-state index contributed by atoms with van der Waals surface area (Å²) in [5.41, 5.74) is 4.02. The van der Waals surface area contributed by atoms with Gasteiger partial charge in [0, 0.05) is 29.6 Å². The fraction of sp³-hybridized carbons (Fsp3) is 0.250. The molecule has 0 aliphatic carbocycles. The van der Waals surface area contributed by atoms with Crippen LogP contribution in [0.15, 0.2) is 48.7 Å². The van der Waals surface area contributed by atoms with E-state index in [9.17, 15) is 9.65 Å². The Morgan fingerprint density at radius 3 is 2.84 bits per heavy atom. The lowest BCUT2D eigenvalue weighted by molar-refractivity contribution is 0.00267. The van der Waals surface area contributed by atoms with Crippen molar-refractivity contribution >= 4 is 10.9 Å². The minimum atomic E-state index is -0.252. The number of ether oxygens (including phenoxy) is 2. The predicted octanol–water partition coefficient (Wildman–Crippen LogP) is 4.93. The Bertz CT molecular complexity index is 1300. The summed E-state index contributed by atoms with van der Waals surface area (Å²) in [6.45, 7) is 3.38. The van der Waals surface area contributed by atoms with Crippen LogP contribution in [0.25, 0.3) is 22.3 Å². The van der Waals surface area contributed by atoms with Gasteiger partial charge in [-0.15, -0.1) is 0 Å². The number of methoxy groups -OCH3 is 1. The van der Waals surface area contributed by atoms with Crippen molar-refractivity contribution in [2.75, 3.05) is 13.7 Å². The zero-order chi connectivity index (χ0) is 21.5. The van der Waals surface area contributed by atoms with Crippen molar-refractivity contribution in [1.29, 1.82) is 5.26 Å². The van der Waals surface area contributed by atoms with Crippen molar-refractivity contribution in [2.24, 2.45) is 0 Å². The van der Waals surface area contributed by atoms with Crippen LogP contribution in [0.2, 0.25) is 0 Å². The third kappa shape index (κ3) is 3.25. The molecule has 2 atom stereocenters. The number of hydrogen-bond acceptors (Lipinski definition) is 4. The fourth-order valence-corrected chi connectivity index (χ4v) is 4.25. The summed E-state index contributed by atoms with van der Waals surface area (Å²) in [4.78, 5) is 8.27. The zero-order valence-electron chi connectivity index (χ0n) is 17.2. The Morgan fingerprint density at radius 2 is 2.10 bits per heavy atom. The van der Waals surface area contributed by atoms with Gasteiger partial charge in [0.1, 0.15) is 35.3 Å². The summed E-state index contributed by atoms with van der Waals surface area (Å²) in [7, 11) is 1.57. The molecular formula is C24H21FN4O2. The molecule has 6 nitrogen and oxygen atoms in total. The monoisotopic (exact) mass is 416 g/mol. The van der Waals surface area contributed by atoms with Crippen LogP contribution in [0.5, 0.6) is 5.75 Å². The molecule has 2 aromatic carbocycles. The summed E-state index contributed by atoms with van der Waals surface area (Å²) in [5.74, 6) is 1.17. The van der Waals surface area contributed by atoms with Crippen molar-refractivity contribution in [1.82, 2.24) is 14.5 Å². The van der Waals surface area contributed by atoms with E-state index in [1.807, 2.05) is 18.3 Å². The van der Waals surface area contributed by atoms with E-state index in [4.69, 9.17) is 14.5 Å². The highest BCUT2D eigenvalue weighted by molar-refractivity contribution is 5.92. The van der Waals surface area contributed by atoms with E-state index in [1.165, 1.54) is 12.1 Å². The third-order valence-corrected chi connectivity index (χ3v) is 5.90. The van der Waals surface area contributed by atoms with Crippen LogP contribution in [0.4, 0.5) is 4.39 Å². The summed E-state index contributed by atoms with van der Waals surface area (Å²) in [6, 6.07) is 14.3. The number of nitrogens with one attached hydrogen (secondary N) is 1. The quantitative estimate of drug-likeness (QED) is 0.512. The molecule has 0 fully saturated rings. The number of hydrogen-bond donors (Lipinski definition) is 1. The molecular weight excluding hydrogens is 395 g/mol. The Balaban J connectivity index is 1.54. The minimum Gasteiger partial charge on any atom is -0.495 e. The molecule has 2 aromatic heterocycles. The van der Waals surface area contributed by atoms with Crippen molar-refractivity contribution in [3.05, 3.63) is 71.4 Å². The molecule has 7 heteroatoms. The summed E-state index contributed by atoms with van der Waals surface area (Å²) >= 11 is 0. The number of benzene rings is 2. The molecule has 3 heterocycles. The van der Waals surface area contributed by atoms with Gasteiger partial charge in [0.15, 0.2) is 0 Å². The van der Waals surface area contributed by atoms with Gasteiger partial charge in [-0.25, -0.2) is 9.37 Å². The first-order valence-corrected chi connectivity index (χ1v) is 10.1. The van der Waals surface area contributed by atoms with Crippen LogP contribution in [0.3, 0.4) is 0 Å². The van der Waals surface area contributed by atoms with Gasteiger partial charge >= 0.3 is 0 Å². The molecule has 4 aromatic rings. The number of imidazole rings is 1. The first kappa shape index (κ1) is 19.3. The number of aromatic nitrogens is 3. The van der Waals surface area contributed by atoms with Gasteiger partial charge in [-0.2, -0.15) is 5.26 Å². The standard InChI is InChI=1S/C24H21FN4O2/c1-14(15-3-6-17(25)7-4-15)22-24-28-21(13-29(24)9-10-31-22)20-11-18-19(27-20)8-5-16(12-26)23(18)30-2/h3-8,11,13-14,22,27H,9-10H2,1-2H3. The highest BCUT2D eigenvalue weighted by Crippen LogP contribution is 2.38. The van der Waals surface area contributed by atoms with Crippen LogP contribution >= 0.6 is 0 Å². The van der Waals surface area contributed by atoms with E-state index in [2.05, 4.69) is 22.5 Å². The summed E-state index contributed by atoms with van der Waals surface area (Å²) in [6.07, 6.45) is 1.79. The van der Waals surface area contributed by atoms with Gasteiger partial charge in [-0.1, -0.05) is 19.1 Å². The zero-order valence-corrected chi connectivity index (χ0v) is 17.2. The molecule has 0 spiro atoms. The van der Waals surface area contributed by atoms with E-state index in [1.54, 1.807) is 25.3 Å². The molecule has 1 aliphatic heterocycles. The van der Waals surface area contributed by atoms with Crippen molar-refractivity contribution in [3.63, 3.8) is 0 Å². The van der Waals surface area contributed by atoms with Crippen LogP contribution < -0.4 is 4.74 Å². The highest BCUT2D eigenvalue weighted by atomic mass is 19.1. The van der Waals surface area contributed by atoms with E-state index in [0.29, 0.717) is 17.9 Å². The predicted molar refractivity (Wildman–Crippen MR) is 114 cm³/mol. The maximum Gasteiger partial charge on any atom is 0.146 e. The normalized spacial score (nSPS) is 16.6. The van der Waals surface area contributed by atoms with Gasteiger partial charge in [-0.3, -0.25) is 0 Å². The summed E-state index contributed by atoms with van der Waals surface area (Å²) < 4.78 is 27.0. The number of H-pyrrole nitrogens is 1. The molecule has 0 bridgehead atoms. The Hall–Kier alpha value is -3.63. The Kier molecular flexibility index (Phi) is 4.72. The van der Waals surface area contributed by atoms with Crippen molar-refractivity contribution in [2.45, 2.75) is 25.5 Å². The van der Waals surface area contributed by atoms with Gasteiger partial charge in [0.2, 0.25) is 0 Å². The largest absolute Gasteiger partial charge is 0.495 e. The van der Waals surface area contributed by atoms with Crippen LogP contribution in [0, 0.1) is 17.1 Å². The minimum absolute atomic E-state index is 0.0240.